The summed E-state index contributed by atoms with van der Waals surface area (Å²) in [5.41, 5.74) is 3.05. The topological polar surface area (TPSA) is 55.2 Å². The number of piperidine rings is 1. The maximum atomic E-state index is 12.4. The quantitative estimate of drug-likeness (QED) is 0.759. The Balaban J connectivity index is 1.80. The van der Waals surface area contributed by atoms with Gasteiger partial charge in [0.2, 0.25) is 5.16 Å². The Morgan fingerprint density at radius 2 is 1.72 bits per heavy atom. The van der Waals surface area contributed by atoms with Crippen molar-refractivity contribution >= 4 is 10.0 Å². The van der Waals surface area contributed by atoms with E-state index in [4.69, 9.17) is 0 Å². The van der Waals surface area contributed by atoms with Crippen LogP contribution in [0.3, 0.4) is 0 Å². The van der Waals surface area contributed by atoms with E-state index in [9.17, 15) is 8.42 Å². The molecule has 3 rings (SSSR count). The molecule has 98 valence electrons. The summed E-state index contributed by atoms with van der Waals surface area (Å²) in [5.74, 6) is 0. The molecule has 1 saturated carbocycles. The van der Waals surface area contributed by atoms with E-state index in [-0.39, 0.29) is 5.16 Å². The highest BCUT2D eigenvalue weighted by Crippen LogP contribution is 2.36. The van der Waals surface area contributed by atoms with Gasteiger partial charge in [0, 0.05) is 32.5 Å². The molecular weight excluding hydrogens is 250 g/mol. The van der Waals surface area contributed by atoms with Crippen molar-refractivity contribution in [3.05, 3.63) is 23.5 Å². The largest absolute Gasteiger partial charge is 0.324 e. The molecule has 0 spiro atoms. The second-order valence-corrected chi connectivity index (χ2v) is 6.76. The third kappa shape index (κ3) is 1.99. The van der Waals surface area contributed by atoms with Gasteiger partial charge in [-0.25, -0.2) is 13.4 Å². The van der Waals surface area contributed by atoms with Crippen LogP contribution in [0.15, 0.2) is 28.7 Å². The van der Waals surface area contributed by atoms with Gasteiger partial charge in [-0.05, 0) is 25.7 Å². The summed E-state index contributed by atoms with van der Waals surface area (Å²) >= 11 is 0. The molecule has 0 bridgehead atoms. The zero-order chi connectivity index (χ0) is 12.8. The lowest BCUT2D eigenvalue weighted by atomic mass is 10.1. The molecule has 1 aliphatic heterocycles. The summed E-state index contributed by atoms with van der Waals surface area (Å²) in [6, 6.07) is 0. The Hall–Kier alpha value is -1.14. The first-order valence-electron chi connectivity index (χ1n) is 6.26. The normalized spacial score (nSPS) is 21.4. The number of aromatic nitrogens is 2. The zero-order valence-electron chi connectivity index (χ0n) is 10.5. The number of hydrogen-bond donors (Lipinski definition) is 0. The van der Waals surface area contributed by atoms with Gasteiger partial charge < -0.3 is 4.57 Å². The number of imidazole rings is 1. The average molecular weight is 267 g/mol. The molecule has 18 heavy (non-hydrogen) atoms. The molecule has 5 nitrogen and oxygen atoms in total. The predicted molar refractivity (Wildman–Crippen MR) is 67.5 cm³/mol. The summed E-state index contributed by atoms with van der Waals surface area (Å²) in [6.45, 7) is 1.18. The highest BCUT2D eigenvalue weighted by molar-refractivity contribution is 7.89. The molecular formula is C12H17N3O2S. The molecule has 0 atom stereocenters. The van der Waals surface area contributed by atoms with E-state index in [0.717, 1.165) is 12.8 Å². The Bertz CT molecular complexity index is 585. The summed E-state index contributed by atoms with van der Waals surface area (Å²) in [5, 5.41) is 0.144. The van der Waals surface area contributed by atoms with Crippen LogP contribution in [0, 0.1) is 0 Å². The maximum Gasteiger partial charge on any atom is 0.277 e. The Kier molecular flexibility index (Phi) is 2.79. The number of aryl methyl sites for hydroxylation is 1. The van der Waals surface area contributed by atoms with Crippen molar-refractivity contribution in [2.24, 2.45) is 7.05 Å². The highest BCUT2D eigenvalue weighted by atomic mass is 32.2. The van der Waals surface area contributed by atoms with Crippen LogP contribution in [0.4, 0.5) is 0 Å². The van der Waals surface area contributed by atoms with Crippen molar-refractivity contribution in [3.8, 4) is 0 Å². The molecule has 0 aromatic carbocycles. The van der Waals surface area contributed by atoms with E-state index >= 15 is 0 Å². The Morgan fingerprint density at radius 1 is 1.11 bits per heavy atom. The van der Waals surface area contributed by atoms with Crippen molar-refractivity contribution in [1.29, 1.82) is 0 Å². The van der Waals surface area contributed by atoms with Crippen LogP contribution in [-0.2, 0) is 17.1 Å². The minimum Gasteiger partial charge on any atom is -0.324 e. The van der Waals surface area contributed by atoms with Crippen molar-refractivity contribution in [3.63, 3.8) is 0 Å². The van der Waals surface area contributed by atoms with E-state index in [1.807, 2.05) is 0 Å². The number of rotatable bonds is 2. The van der Waals surface area contributed by atoms with Crippen molar-refractivity contribution < 1.29 is 8.42 Å². The molecule has 6 heteroatoms. The predicted octanol–water partition coefficient (Wildman–Crippen LogP) is 1.29. The van der Waals surface area contributed by atoms with E-state index in [1.165, 1.54) is 24.6 Å². The van der Waals surface area contributed by atoms with Crippen molar-refractivity contribution in [2.75, 3.05) is 13.1 Å². The Morgan fingerprint density at radius 3 is 2.22 bits per heavy atom. The molecule has 0 radical (unpaired) electrons. The van der Waals surface area contributed by atoms with E-state index < -0.39 is 10.0 Å². The first-order chi connectivity index (χ1) is 8.59. The third-order valence-electron chi connectivity index (χ3n) is 3.67. The van der Waals surface area contributed by atoms with Gasteiger partial charge in [0.05, 0.1) is 0 Å². The van der Waals surface area contributed by atoms with Gasteiger partial charge in [-0.2, -0.15) is 4.31 Å². The summed E-state index contributed by atoms with van der Waals surface area (Å²) < 4.78 is 27.9. The SMILES string of the molecule is Cn1ccnc1S(=O)(=O)N1CCC(=C2CC2)CC1. The highest BCUT2D eigenvalue weighted by Gasteiger charge is 2.31. The molecule has 1 aromatic rings. The lowest BCUT2D eigenvalue weighted by molar-refractivity contribution is 0.381. The van der Waals surface area contributed by atoms with Crippen LogP contribution in [0.25, 0.3) is 0 Å². The second-order valence-electron chi connectivity index (χ2n) is 4.93. The monoisotopic (exact) mass is 267 g/mol. The molecule has 2 aliphatic rings. The van der Waals surface area contributed by atoms with Gasteiger partial charge in [-0.15, -0.1) is 0 Å². The van der Waals surface area contributed by atoms with Gasteiger partial charge in [-0.3, -0.25) is 0 Å². The van der Waals surface area contributed by atoms with Gasteiger partial charge >= 0.3 is 0 Å². The van der Waals surface area contributed by atoms with Crippen molar-refractivity contribution in [2.45, 2.75) is 30.8 Å². The fraction of sp³-hybridized carbons (Fsp3) is 0.583. The first-order valence-corrected chi connectivity index (χ1v) is 7.70. The minimum atomic E-state index is -3.42. The molecule has 1 aromatic heterocycles. The summed E-state index contributed by atoms with van der Waals surface area (Å²) in [4.78, 5) is 3.95. The van der Waals surface area contributed by atoms with Crippen molar-refractivity contribution in [1.82, 2.24) is 13.9 Å². The molecule has 2 heterocycles. The standard InChI is InChI=1S/C12H17N3O2S/c1-14-9-6-13-12(14)18(16,17)15-7-4-11(5-8-15)10-2-3-10/h6,9H,2-5,7-8H2,1H3. The maximum absolute atomic E-state index is 12.4. The van der Waals surface area contributed by atoms with E-state index in [1.54, 1.807) is 27.7 Å². The molecule has 0 unspecified atom stereocenters. The second kappa shape index (κ2) is 4.20. The number of hydrogen-bond acceptors (Lipinski definition) is 3. The zero-order valence-corrected chi connectivity index (χ0v) is 11.3. The van der Waals surface area contributed by atoms with Crippen LogP contribution < -0.4 is 0 Å². The van der Waals surface area contributed by atoms with Crippen LogP contribution in [0.5, 0.6) is 0 Å². The van der Waals surface area contributed by atoms with Crippen LogP contribution in [-0.4, -0.2) is 35.4 Å². The molecule has 0 amide bonds. The lowest BCUT2D eigenvalue weighted by Crippen LogP contribution is -2.37. The fourth-order valence-electron chi connectivity index (χ4n) is 2.48. The number of allylic oxidation sites excluding steroid dienone is 1. The smallest absolute Gasteiger partial charge is 0.277 e. The third-order valence-corrected chi connectivity index (χ3v) is 5.57. The molecule has 2 fully saturated rings. The average Bonchev–Trinajstić information content (AvgIpc) is 3.11. The van der Waals surface area contributed by atoms with Gasteiger partial charge in [0.15, 0.2) is 0 Å². The first kappa shape index (κ1) is 11.9. The van der Waals surface area contributed by atoms with Crippen LogP contribution >= 0.6 is 0 Å². The fourth-order valence-corrected chi connectivity index (χ4v) is 4.00. The number of sulfonamides is 1. The lowest BCUT2D eigenvalue weighted by Gasteiger charge is -2.27. The molecule has 0 N–H and O–H groups in total. The molecule has 1 saturated heterocycles. The van der Waals surface area contributed by atoms with Gasteiger partial charge in [0.1, 0.15) is 0 Å². The van der Waals surface area contributed by atoms with E-state index in [2.05, 4.69) is 4.98 Å². The Labute approximate surface area is 107 Å². The summed E-state index contributed by atoms with van der Waals surface area (Å²) in [6.07, 6.45) is 7.41. The minimum absolute atomic E-state index is 0.144. The van der Waals surface area contributed by atoms with Crippen LogP contribution in [0.2, 0.25) is 0 Å². The summed E-state index contributed by atoms with van der Waals surface area (Å²) in [7, 11) is -1.71. The van der Waals surface area contributed by atoms with Crippen LogP contribution in [0.1, 0.15) is 25.7 Å². The molecule has 1 aliphatic carbocycles. The number of nitrogens with zero attached hydrogens (tertiary/aromatic N) is 3. The van der Waals surface area contributed by atoms with E-state index in [0.29, 0.717) is 13.1 Å². The van der Waals surface area contributed by atoms with Gasteiger partial charge in [-0.1, -0.05) is 11.1 Å². The van der Waals surface area contributed by atoms with Gasteiger partial charge in [0.25, 0.3) is 10.0 Å².